The van der Waals surface area contributed by atoms with Crippen molar-refractivity contribution in [2.24, 2.45) is 0 Å². The Hall–Kier alpha value is -1.95. The first-order valence-corrected chi connectivity index (χ1v) is 6.12. The number of nitrogens with one attached hydrogen (secondary N) is 1. The van der Waals surface area contributed by atoms with Crippen LogP contribution in [-0.2, 0) is 6.54 Å². The molecule has 0 aliphatic rings. The highest BCUT2D eigenvalue weighted by Crippen LogP contribution is 2.15. The van der Waals surface area contributed by atoms with Crippen LogP contribution in [-0.4, -0.2) is 16.1 Å². The van der Waals surface area contributed by atoms with Gasteiger partial charge in [0.2, 0.25) is 5.01 Å². The number of benzene rings is 1. The fourth-order valence-electron chi connectivity index (χ4n) is 1.38. The van der Waals surface area contributed by atoms with E-state index >= 15 is 0 Å². The van der Waals surface area contributed by atoms with Crippen molar-refractivity contribution in [1.29, 1.82) is 0 Å². The molecular weight excluding hydrogens is 255 g/mol. The highest BCUT2D eigenvalue weighted by Gasteiger charge is 2.08. The maximum atomic E-state index is 13.3. The van der Waals surface area contributed by atoms with Gasteiger partial charge in [-0.3, -0.25) is 0 Å². The molecule has 94 valence electrons. The molecule has 0 atom stereocenters. The lowest BCUT2D eigenvalue weighted by atomic mass is 10.2. The number of carboxylic acid groups (broad SMARTS) is 1. The molecule has 18 heavy (non-hydrogen) atoms. The summed E-state index contributed by atoms with van der Waals surface area (Å²) in [5, 5.41) is 13.4. The number of aromatic nitrogens is 1. The monoisotopic (exact) mass is 266 g/mol. The molecule has 0 fully saturated rings. The van der Waals surface area contributed by atoms with E-state index in [9.17, 15) is 9.18 Å². The number of hydrogen-bond acceptors (Lipinski definition) is 4. The highest BCUT2D eigenvalue weighted by atomic mass is 32.1. The Balaban J connectivity index is 2.02. The third-order valence-electron chi connectivity index (χ3n) is 2.38. The van der Waals surface area contributed by atoms with Crippen LogP contribution in [0.1, 0.15) is 21.1 Å². The lowest BCUT2D eigenvalue weighted by Crippen LogP contribution is -2.02. The fraction of sp³-hybridized carbons (Fsp3) is 0.167. The number of thiazole rings is 1. The molecule has 0 aliphatic heterocycles. The summed E-state index contributed by atoms with van der Waals surface area (Å²) in [5.74, 6) is -1.31. The lowest BCUT2D eigenvalue weighted by Gasteiger charge is -2.05. The zero-order chi connectivity index (χ0) is 13.1. The van der Waals surface area contributed by atoms with Gasteiger partial charge in [-0.2, -0.15) is 0 Å². The second-order valence-electron chi connectivity index (χ2n) is 3.77. The van der Waals surface area contributed by atoms with Crippen LogP contribution < -0.4 is 5.32 Å². The van der Waals surface area contributed by atoms with Crippen molar-refractivity contribution in [1.82, 2.24) is 4.98 Å². The Bertz CT molecular complexity index is 583. The average molecular weight is 266 g/mol. The molecular formula is C12H11FN2O2S. The molecule has 0 aliphatic carbocycles. The Labute approximate surface area is 107 Å². The Morgan fingerprint density at radius 3 is 2.94 bits per heavy atom. The van der Waals surface area contributed by atoms with Crippen molar-refractivity contribution >= 4 is 23.0 Å². The van der Waals surface area contributed by atoms with E-state index in [0.717, 1.165) is 11.3 Å². The minimum atomic E-state index is -1.03. The molecule has 2 aromatic rings. The second-order valence-corrected chi connectivity index (χ2v) is 4.62. The van der Waals surface area contributed by atoms with Gasteiger partial charge in [-0.05, 0) is 24.6 Å². The van der Waals surface area contributed by atoms with Gasteiger partial charge in [-0.15, -0.1) is 11.3 Å². The molecule has 0 bridgehead atoms. The standard InChI is InChI=1S/C12H11FN2O2S/c1-7-2-3-8(4-10(7)13)14-5-9-6-18-11(15-9)12(16)17/h2-4,6,14H,5H2,1H3,(H,16,17). The molecule has 1 heterocycles. The first kappa shape index (κ1) is 12.5. The first-order chi connectivity index (χ1) is 8.56. The van der Waals surface area contributed by atoms with Gasteiger partial charge in [0.05, 0.1) is 12.2 Å². The van der Waals surface area contributed by atoms with Gasteiger partial charge in [0.15, 0.2) is 0 Å². The Kier molecular flexibility index (Phi) is 3.57. The zero-order valence-corrected chi connectivity index (χ0v) is 10.4. The molecule has 2 rings (SSSR count). The van der Waals surface area contributed by atoms with Gasteiger partial charge in [-0.1, -0.05) is 6.07 Å². The summed E-state index contributed by atoms with van der Waals surface area (Å²) in [7, 11) is 0. The maximum absolute atomic E-state index is 13.3. The van der Waals surface area contributed by atoms with E-state index < -0.39 is 5.97 Å². The minimum Gasteiger partial charge on any atom is -0.476 e. The number of aromatic carboxylic acids is 1. The molecule has 2 N–H and O–H groups in total. The predicted octanol–water partition coefficient (Wildman–Crippen LogP) is 2.90. The average Bonchev–Trinajstić information content (AvgIpc) is 2.79. The predicted molar refractivity (Wildman–Crippen MR) is 67.5 cm³/mol. The molecule has 6 heteroatoms. The van der Waals surface area contributed by atoms with Crippen LogP contribution in [0, 0.1) is 12.7 Å². The number of carbonyl (C=O) groups is 1. The lowest BCUT2D eigenvalue weighted by molar-refractivity contribution is 0.0696. The van der Waals surface area contributed by atoms with E-state index in [1.807, 2.05) is 0 Å². The summed E-state index contributed by atoms with van der Waals surface area (Å²) < 4.78 is 13.3. The summed E-state index contributed by atoms with van der Waals surface area (Å²) in [6, 6.07) is 4.85. The van der Waals surface area contributed by atoms with E-state index in [2.05, 4.69) is 10.3 Å². The van der Waals surface area contributed by atoms with Crippen LogP contribution in [0.25, 0.3) is 0 Å². The van der Waals surface area contributed by atoms with Gasteiger partial charge in [0.1, 0.15) is 5.82 Å². The normalized spacial score (nSPS) is 10.3. The molecule has 1 aromatic heterocycles. The maximum Gasteiger partial charge on any atom is 0.365 e. The van der Waals surface area contributed by atoms with Gasteiger partial charge in [-0.25, -0.2) is 14.2 Å². The number of carboxylic acids is 1. The number of aryl methyl sites for hydroxylation is 1. The molecule has 0 amide bonds. The van der Waals surface area contributed by atoms with Crippen LogP contribution in [0.15, 0.2) is 23.6 Å². The largest absolute Gasteiger partial charge is 0.476 e. The Morgan fingerprint density at radius 1 is 1.56 bits per heavy atom. The second kappa shape index (κ2) is 5.14. The van der Waals surface area contributed by atoms with Crippen molar-refractivity contribution < 1.29 is 14.3 Å². The Morgan fingerprint density at radius 2 is 2.33 bits per heavy atom. The van der Waals surface area contributed by atoms with Crippen LogP contribution in [0.5, 0.6) is 0 Å². The number of anilines is 1. The summed E-state index contributed by atoms with van der Waals surface area (Å²) in [6.07, 6.45) is 0. The molecule has 0 unspecified atom stereocenters. The van der Waals surface area contributed by atoms with Crippen LogP contribution in [0.3, 0.4) is 0 Å². The van der Waals surface area contributed by atoms with Crippen molar-refractivity contribution in [3.05, 3.63) is 45.7 Å². The SMILES string of the molecule is Cc1ccc(NCc2csc(C(=O)O)n2)cc1F. The zero-order valence-electron chi connectivity index (χ0n) is 9.61. The third kappa shape index (κ3) is 2.84. The third-order valence-corrected chi connectivity index (χ3v) is 3.26. The van der Waals surface area contributed by atoms with Crippen LogP contribution in [0.4, 0.5) is 10.1 Å². The topological polar surface area (TPSA) is 62.2 Å². The fourth-order valence-corrected chi connectivity index (χ4v) is 2.04. The van der Waals surface area contributed by atoms with Gasteiger partial charge in [0, 0.05) is 11.1 Å². The van der Waals surface area contributed by atoms with E-state index in [-0.39, 0.29) is 10.8 Å². The van der Waals surface area contributed by atoms with Gasteiger partial charge in [0.25, 0.3) is 0 Å². The smallest absolute Gasteiger partial charge is 0.365 e. The molecule has 0 saturated heterocycles. The highest BCUT2D eigenvalue weighted by molar-refractivity contribution is 7.11. The van der Waals surface area contributed by atoms with E-state index in [0.29, 0.717) is 23.5 Å². The number of nitrogens with zero attached hydrogens (tertiary/aromatic N) is 1. The van der Waals surface area contributed by atoms with E-state index in [1.165, 1.54) is 6.07 Å². The van der Waals surface area contributed by atoms with Crippen molar-refractivity contribution in [3.63, 3.8) is 0 Å². The molecule has 0 spiro atoms. The molecule has 4 nitrogen and oxygen atoms in total. The number of halogens is 1. The summed E-state index contributed by atoms with van der Waals surface area (Å²) in [4.78, 5) is 14.6. The van der Waals surface area contributed by atoms with Crippen molar-refractivity contribution in [3.8, 4) is 0 Å². The first-order valence-electron chi connectivity index (χ1n) is 5.24. The van der Waals surface area contributed by atoms with Crippen LogP contribution >= 0.6 is 11.3 Å². The number of hydrogen-bond donors (Lipinski definition) is 2. The van der Waals surface area contributed by atoms with Crippen molar-refractivity contribution in [2.45, 2.75) is 13.5 Å². The van der Waals surface area contributed by atoms with Gasteiger partial charge >= 0.3 is 5.97 Å². The molecule has 0 saturated carbocycles. The van der Waals surface area contributed by atoms with E-state index in [4.69, 9.17) is 5.11 Å². The van der Waals surface area contributed by atoms with Crippen molar-refractivity contribution in [2.75, 3.05) is 5.32 Å². The molecule has 0 radical (unpaired) electrons. The van der Waals surface area contributed by atoms with E-state index in [1.54, 1.807) is 24.4 Å². The minimum absolute atomic E-state index is 0.0573. The van der Waals surface area contributed by atoms with Gasteiger partial charge < -0.3 is 10.4 Å². The summed E-state index contributed by atoms with van der Waals surface area (Å²) in [6.45, 7) is 2.06. The quantitative estimate of drug-likeness (QED) is 0.893. The van der Waals surface area contributed by atoms with Crippen LogP contribution in [0.2, 0.25) is 0 Å². The molecule has 1 aromatic carbocycles. The number of rotatable bonds is 4. The summed E-state index contributed by atoms with van der Waals surface area (Å²) >= 11 is 1.07. The summed E-state index contributed by atoms with van der Waals surface area (Å²) in [5.41, 5.74) is 1.85.